The lowest BCUT2D eigenvalue weighted by molar-refractivity contribution is 0.394. The van der Waals surface area contributed by atoms with E-state index in [4.69, 9.17) is 0 Å². The molecule has 0 bridgehead atoms. The molecule has 1 aliphatic rings. The van der Waals surface area contributed by atoms with Gasteiger partial charge in [0, 0.05) is 34.6 Å². The Kier molecular flexibility index (Phi) is 2.36. The summed E-state index contributed by atoms with van der Waals surface area (Å²) in [5.74, 6) is 0. The van der Waals surface area contributed by atoms with E-state index < -0.39 is 0 Å². The van der Waals surface area contributed by atoms with Gasteiger partial charge in [0.25, 0.3) is 0 Å². The number of hydrogen-bond donors (Lipinski definition) is 2. The van der Waals surface area contributed by atoms with Crippen molar-refractivity contribution < 1.29 is 0 Å². The average molecular weight is 242 g/mol. The van der Waals surface area contributed by atoms with Gasteiger partial charge in [0.15, 0.2) is 0 Å². The number of hydrogen-bond acceptors (Lipinski definition) is 1. The first-order valence-electron chi connectivity index (χ1n) is 6.77. The van der Waals surface area contributed by atoms with Crippen molar-refractivity contribution in [3.63, 3.8) is 0 Å². The first-order chi connectivity index (χ1) is 8.42. The van der Waals surface area contributed by atoms with Crippen molar-refractivity contribution in [1.29, 1.82) is 0 Å². The third-order valence-electron chi connectivity index (χ3n) is 4.36. The minimum absolute atomic E-state index is 0.193. The van der Waals surface area contributed by atoms with Crippen LogP contribution in [0, 0.1) is 13.8 Å². The topological polar surface area (TPSA) is 27.8 Å². The van der Waals surface area contributed by atoms with Crippen LogP contribution >= 0.6 is 0 Å². The Labute approximate surface area is 109 Å². The molecule has 0 saturated heterocycles. The van der Waals surface area contributed by atoms with Gasteiger partial charge in [-0.15, -0.1) is 0 Å². The summed E-state index contributed by atoms with van der Waals surface area (Å²) in [6.07, 6.45) is 0. The number of aromatic nitrogens is 1. The van der Waals surface area contributed by atoms with Crippen LogP contribution in [-0.2, 0) is 5.41 Å². The minimum Gasteiger partial charge on any atom is -0.357 e. The summed E-state index contributed by atoms with van der Waals surface area (Å²) in [5.41, 5.74) is 7.13. The largest absolute Gasteiger partial charge is 0.357 e. The molecular weight excluding hydrogens is 220 g/mol. The zero-order valence-electron chi connectivity index (χ0n) is 11.9. The second kappa shape index (κ2) is 3.61. The van der Waals surface area contributed by atoms with Gasteiger partial charge in [-0.1, -0.05) is 26.0 Å². The molecule has 1 aromatic carbocycles. The number of benzene rings is 1. The standard InChI is InChI=1S/C16H22N2/c1-9-6-7-10(2)14-12(9)13-15(18-14)11(3)17-8-16(13,4)5/h6-7,11,17-18H,8H2,1-5H3. The molecule has 18 heavy (non-hydrogen) atoms. The molecule has 2 N–H and O–H groups in total. The molecule has 2 heterocycles. The highest BCUT2D eigenvalue weighted by Crippen LogP contribution is 2.41. The van der Waals surface area contributed by atoms with Crippen LogP contribution in [0.4, 0.5) is 0 Å². The van der Waals surface area contributed by atoms with Crippen LogP contribution in [0.25, 0.3) is 10.9 Å². The summed E-state index contributed by atoms with van der Waals surface area (Å²) < 4.78 is 0. The molecule has 1 unspecified atom stereocenters. The highest BCUT2D eigenvalue weighted by atomic mass is 15.0. The van der Waals surface area contributed by atoms with E-state index in [9.17, 15) is 0 Å². The van der Waals surface area contributed by atoms with E-state index in [-0.39, 0.29) is 5.41 Å². The van der Waals surface area contributed by atoms with E-state index in [2.05, 4.69) is 57.1 Å². The van der Waals surface area contributed by atoms with Crippen LogP contribution in [0.2, 0.25) is 0 Å². The van der Waals surface area contributed by atoms with E-state index in [1.54, 1.807) is 0 Å². The van der Waals surface area contributed by atoms with Crippen molar-refractivity contribution in [1.82, 2.24) is 10.3 Å². The van der Waals surface area contributed by atoms with Crippen molar-refractivity contribution in [3.05, 3.63) is 34.5 Å². The minimum atomic E-state index is 0.193. The molecule has 2 nitrogen and oxygen atoms in total. The fourth-order valence-electron chi connectivity index (χ4n) is 3.25. The normalized spacial score (nSPS) is 22.2. The highest BCUT2D eigenvalue weighted by Gasteiger charge is 2.34. The number of aryl methyl sites for hydroxylation is 2. The maximum absolute atomic E-state index is 3.67. The van der Waals surface area contributed by atoms with Gasteiger partial charge in [-0.05, 0) is 37.5 Å². The number of aromatic amines is 1. The van der Waals surface area contributed by atoms with Crippen molar-refractivity contribution in [2.45, 2.75) is 46.1 Å². The van der Waals surface area contributed by atoms with Crippen LogP contribution in [0.3, 0.4) is 0 Å². The lowest BCUT2D eigenvalue weighted by Gasteiger charge is -2.35. The average Bonchev–Trinajstić information content (AvgIpc) is 2.72. The second-order valence-electron chi connectivity index (χ2n) is 6.35. The first-order valence-corrected chi connectivity index (χ1v) is 6.77. The first kappa shape index (κ1) is 11.8. The molecule has 96 valence electrons. The number of rotatable bonds is 0. The van der Waals surface area contributed by atoms with Gasteiger partial charge in [-0.3, -0.25) is 0 Å². The Hall–Kier alpha value is -1.28. The van der Waals surface area contributed by atoms with E-state index in [1.165, 1.54) is 33.3 Å². The fourth-order valence-corrected chi connectivity index (χ4v) is 3.25. The van der Waals surface area contributed by atoms with Crippen molar-refractivity contribution in [2.75, 3.05) is 6.54 Å². The van der Waals surface area contributed by atoms with Crippen LogP contribution in [0.5, 0.6) is 0 Å². The van der Waals surface area contributed by atoms with Gasteiger partial charge in [0.05, 0.1) is 0 Å². The Bertz CT molecular complexity index is 620. The maximum Gasteiger partial charge on any atom is 0.0492 e. The Morgan fingerprint density at radius 1 is 1.17 bits per heavy atom. The van der Waals surface area contributed by atoms with E-state index in [1.807, 2.05) is 0 Å². The molecule has 1 atom stereocenters. The Morgan fingerprint density at radius 2 is 1.83 bits per heavy atom. The van der Waals surface area contributed by atoms with Gasteiger partial charge in [0.2, 0.25) is 0 Å². The SMILES string of the molecule is Cc1ccc(C)c2c3c([nH]c12)C(C)NCC3(C)C. The third-order valence-corrected chi connectivity index (χ3v) is 4.36. The van der Waals surface area contributed by atoms with Crippen LogP contribution in [-0.4, -0.2) is 11.5 Å². The summed E-state index contributed by atoms with van der Waals surface area (Å²) in [7, 11) is 0. The van der Waals surface area contributed by atoms with Gasteiger partial charge in [-0.2, -0.15) is 0 Å². The smallest absolute Gasteiger partial charge is 0.0492 e. The lowest BCUT2D eigenvalue weighted by atomic mass is 9.78. The zero-order valence-corrected chi connectivity index (χ0v) is 11.9. The summed E-state index contributed by atoms with van der Waals surface area (Å²) in [6.45, 7) is 12.4. The molecule has 2 aromatic rings. The fraction of sp³-hybridized carbons (Fsp3) is 0.500. The Morgan fingerprint density at radius 3 is 2.56 bits per heavy atom. The quantitative estimate of drug-likeness (QED) is 0.724. The molecule has 0 spiro atoms. The predicted molar refractivity (Wildman–Crippen MR) is 77.2 cm³/mol. The molecule has 0 fully saturated rings. The Balaban J connectivity index is 2.46. The van der Waals surface area contributed by atoms with Crippen LogP contribution in [0.1, 0.15) is 49.2 Å². The molecule has 0 saturated carbocycles. The maximum atomic E-state index is 3.67. The monoisotopic (exact) mass is 242 g/mol. The molecule has 1 aromatic heterocycles. The zero-order chi connectivity index (χ0) is 13.1. The number of nitrogens with one attached hydrogen (secondary N) is 2. The second-order valence-corrected chi connectivity index (χ2v) is 6.35. The molecule has 3 rings (SSSR count). The van der Waals surface area contributed by atoms with E-state index >= 15 is 0 Å². The molecule has 0 amide bonds. The summed E-state index contributed by atoms with van der Waals surface area (Å²) in [5, 5.41) is 5.04. The highest BCUT2D eigenvalue weighted by molar-refractivity contribution is 5.91. The number of H-pyrrole nitrogens is 1. The van der Waals surface area contributed by atoms with E-state index in [0.29, 0.717) is 6.04 Å². The molecule has 2 heteroatoms. The molecule has 0 aliphatic carbocycles. The number of fused-ring (bicyclic) bond motifs is 3. The third kappa shape index (κ3) is 1.45. The van der Waals surface area contributed by atoms with Gasteiger partial charge in [-0.25, -0.2) is 0 Å². The van der Waals surface area contributed by atoms with Gasteiger partial charge < -0.3 is 10.3 Å². The lowest BCUT2D eigenvalue weighted by Crippen LogP contribution is -2.40. The summed E-state index contributed by atoms with van der Waals surface area (Å²) in [4.78, 5) is 3.67. The molecular formula is C16H22N2. The molecule has 0 radical (unpaired) electrons. The van der Waals surface area contributed by atoms with Crippen molar-refractivity contribution in [3.8, 4) is 0 Å². The van der Waals surface area contributed by atoms with Gasteiger partial charge in [0.1, 0.15) is 0 Å². The molecule has 1 aliphatic heterocycles. The van der Waals surface area contributed by atoms with E-state index in [0.717, 1.165) is 6.54 Å². The van der Waals surface area contributed by atoms with Crippen molar-refractivity contribution in [2.24, 2.45) is 0 Å². The van der Waals surface area contributed by atoms with Gasteiger partial charge >= 0.3 is 0 Å². The summed E-state index contributed by atoms with van der Waals surface area (Å²) in [6, 6.07) is 4.87. The summed E-state index contributed by atoms with van der Waals surface area (Å²) >= 11 is 0. The predicted octanol–water partition coefficient (Wildman–Crippen LogP) is 3.73. The van der Waals surface area contributed by atoms with Crippen LogP contribution in [0.15, 0.2) is 12.1 Å². The van der Waals surface area contributed by atoms with Crippen molar-refractivity contribution >= 4 is 10.9 Å². The van der Waals surface area contributed by atoms with Crippen LogP contribution < -0.4 is 5.32 Å².